The number of rotatable bonds is 5. The molecule has 1 heterocycles. The van der Waals surface area contributed by atoms with E-state index in [2.05, 4.69) is 71.5 Å². The monoisotopic (exact) mass is 333 g/mol. The van der Waals surface area contributed by atoms with Gasteiger partial charge in [-0.3, -0.25) is 4.99 Å². The molecule has 1 aromatic carbocycles. The molecule has 0 saturated heterocycles. The van der Waals surface area contributed by atoms with Gasteiger partial charge in [0.1, 0.15) is 0 Å². The number of hydrogen-bond donors (Lipinski definition) is 0. The maximum Gasteiger partial charge on any atom is 0.0952 e. The Morgan fingerprint density at radius 1 is 1.23 bits per heavy atom. The van der Waals surface area contributed by atoms with Gasteiger partial charge in [0.2, 0.25) is 0 Å². The largest absolute Gasteiger partial charge is 0.274 e. The molecule has 0 amide bonds. The van der Waals surface area contributed by atoms with Crippen LogP contribution in [-0.2, 0) is 5.75 Å². The Morgan fingerprint density at radius 3 is 2.36 bits per heavy atom. The van der Waals surface area contributed by atoms with Crippen LogP contribution < -0.4 is 0 Å². The van der Waals surface area contributed by atoms with Crippen LogP contribution in [0.25, 0.3) is 0 Å². The van der Waals surface area contributed by atoms with Gasteiger partial charge >= 0.3 is 0 Å². The summed E-state index contributed by atoms with van der Waals surface area (Å²) in [6.07, 6.45) is 3.01. The molecule has 2 rings (SSSR count). The Morgan fingerprint density at radius 2 is 1.86 bits per heavy atom. The van der Waals surface area contributed by atoms with Crippen LogP contribution in [0.3, 0.4) is 0 Å². The van der Waals surface area contributed by atoms with E-state index in [0.29, 0.717) is 0 Å². The fourth-order valence-electron chi connectivity index (χ4n) is 2.48. The molecule has 1 atom stereocenters. The van der Waals surface area contributed by atoms with Crippen molar-refractivity contribution in [1.29, 1.82) is 0 Å². The van der Waals surface area contributed by atoms with Crippen molar-refractivity contribution in [3.63, 3.8) is 0 Å². The van der Waals surface area contributed by atoms with Crippen LogP contribution >= 0.6 is 23.5 Å². The summed E-state index contributed by atoms with van der Waals surface area (Å²) in [5.41, 5.74) is 1.39. The molecule has 22 heavy (non-hydrogen) atoms. The minimum absolute atomic E-state index is 0.0349. The lowest BCUT2D eigenvalue weighted by molar-refractivity contribution is 0.474. The van der Waals surface area contributed by atoms with Crippen LogP contribution in [0.15, 0.2) is 48.0 Å². The van der Waals surface area contributed by atoms with Gasteiger partial charge in [0, 0.05) is 11.2 Å². The first-order valence-corrected chi connectivity index (χ1v) is 9.58. The van der Waals surface area contributed by atoms with Crippen molar-refractivity contribution in [3.8, 4) is 0 Å². The molecule has 1 aliphatic heterocycles. The van der Waals surface area contributed by atoms with E-state index in [1.54, 1.807) is 0 Å². The Hall–Kier alpha value is -0.670. The van der Waals surface area contributed by atoms with Gasteiger partial charge in [-0.15, -0.1) is 18.3 Å². The zero-order chi connectivity index (χ0) is 16.4. The van der Waals surface area contributed by atoms with Gasteiger partial charge in [0.25, 0.3) is 0 Å². The standard InChI is InChI=1S/C19H27NS2/c1-7-13-19(21-14-15-11-9-8-10-12-15)18(5,6)20-16(22-19)17(2,3)4/h7-12H,1,13-14H2,2-6H3. The lowest BCUT2D eigenvalue weighted by Crippen LogP contribution is -2.39. The van der Waals surface area contributed by atoms with E-state index in [-0.39, 0.29) is 15.0 Å². The van der Waals surface area contributed by atoms with E-state index in [0.717, 1.165) is 12.2 Å². The molecule has 1 unspecified atom stereocenters. The third-order valence-corrected chi connectivity index (χ3v) is 8.05. The van der Waals surface area contributed by atoms with Crippen LogP contribution in [0.1, 0.15) is 46.6 Å². The summed E-state index contributed by atoms with van der Waals surface area (Å²) >= 11 is 3.97. The smallest absolute Gasteiger partial charge is 0.0952 e. The molecule has 0 aliphatic carbocycles. The number of nitrogens with zero attached hydrogens (tertiary/aromatic N) is 1. The first kappa shape index (κ1) is 17.7. The second kappa shape index (κ2) is 6.45. The van der Waals surface area contributed by atoms with Crippen molar-refractivity contribution in [1.82, 2.24) is 0 Å². The van der Waals surface area contributed by atoms with Crippen LogP contribution in [0.4, 0.5) is 0 Å². The second-order valence-corrected chi connectivity index (χ2v) is 10.2. The Kier molecular flexibility index (Phi) is 5.18. The molecule has 1 aliphatic rings. The highest BCUT2D eigenvalue weighted by Crippen LogP contribution is 2.58. The van der Waals surface area contributed by atoms with Gasteiger partial charge in [-0.05, 0) is 25.8 Å². The molecular formula is C19H27NS2. The number of hydrogen-bond acceptors (Lipinski definition) is 3. The highest BCUT2D eigenvalue weighted by Gasteiger charge is 2.52. The van der Waals surface area contributed by atoms with E-state index < -0.39 is 0 Å². The van der Waals surface area contributed by atoms with E-state index in [1.165, 1.54) is 10.6 Å². The predicted molar refractivity (Wildman–Crippen MR) is 104 cm³/mol. The number of aliphatic imine (C=N–C) groups is 1. The highest BCUT2D eigenvalue weighted by molar-refractivity contribution is 8.26. The molecule has 0 fully saturated rings. The van der Waals surface area contributed by atoms with E-state index in [4.69, 9.17) is 4.99 Å². The fourth-order valence-corrected chi connectivity index (χ4v) is 5.75. The Bertz CT molecular complexity index is 555. The molecule has 0 radical (unpaired) electrons. The van der Waals surface area contributed by atoms with Crippen molar-refractivity contribution in [2.45, 2.75) is 56.4 Å². The molecule has 0 aromatic heterocycles. The normalized spacial score (nSPS) is 24.1. The minimum Gasteiger partial charge on any atom is -0.274 e. The lowest BCUT2D eigenvalue weighted by atomic mass is 9.95. The van der Waals surface area contributed by atoms with Crippen LogP contribution in [-0.4, -0.2) is 14.7 Å². The average Bonchev–Trinajstić information content (AvgIpc) is 2.70. The molecule has 1 aromatic rings. The number of benzene rings is 1. The van der Waals surface area contributed by atoms with E-state index in [1.807, 2.05) is 29.6 Å². The van der Waals surface area contributed by atoms with Crippen LogP contribution in [0.2, 0.25) is 0 Å². The molecular weight excluding hydrogens is 306 g/mol. The first-order valence-electron chi connectivity index (χ1n) is 7.78. The maximum atomic E-state index is 5.09. The van der Waals surface area contributed by atoms with Crippen LogP contribution in [0.5, 0.6) is 0 Å². The summed E-state index contributed by atoms with van der Waals surface area (Å²) in [7, 11) is 0. The molecule has 3 heteroatoms. The van der Waals surface area contributed by atoms with Crippen molar-refractivity contribution >= 4 is 28.6 Å². The van der Waals surface area contributed by atoms with Gasteiger partial charge in [-0.25, -0.2) is 0 Å². The molecule has 0 saturated carbocycles. The molecule has 1 nitrogen and oxygen atoms in total. The van der Waals surface area contributed by atoms with Gasteiger partial charge in [0.05, 0.1) is 14.7 Å². The van der Waals surface area contributed by atoms with Gasteiger partial charge < -0.3 is 0 Å². The molecule has 0 N–H and O–H groups in total. The lowest BCUT2D eigenvalue weighted by Gasteiger charge is -2.38. The SMILES string of the molecule is C=CCC1(SCc2ccccc2)SC(C(C)(C)C)=NC1(C)C. The highest BCUT2D eigenvalue weighted by atomic mass is 32.2. The van der Waals surface area contributed by atoms with E-state index in [9.17, 15) is 0 Å². The van der Waals surface area contributed by atoms with Gasteiger partial charge in [-0.2, -0.15) is 0 Å². The Balaban J connectivity index is 2.24. The summed E-state index contributed by atoms with van der Waals surface area (Å²) < 4.78 is 0.0349. The van der Waals surface area contributed by atoms with Crippen molar-refractivity contribution in [2.75, 3.05) is 0 Å². The average molecular weight is 334 g/mol. The first-order chi connectivity index (χ1) is 10.2. The fraction of sp³-hybridized carbons (Fsp3) is 0.526. The van der Waals surface area contributed by atoms with Crippen LogP contribution in [0, 0.1) is 5.41 Å². The summed E-state index contributed by atoms with van der Waals surface area (Å²) in [6.45, 7) is 15.3. The quantitative estimate of drug-likeness (QED) is 0.598. The zero-order valence-corrected chi connectivity index (χ0v) is 16.0. The summed E-state index contributed by atoms with van der Waals surface area (Å²) in [5.74, 6) is 1.01. The molecule has 0 spiro atoms. The van der Waals surface area contributed by atoms with Gasteiger partial charge in [0.15, 0.2) is 0 Å². The third-order valence-electron chi connectivity index (χ3n) is 3.94. The topological polar surface area (TPSA) is 12.4 Å². The second-order valence-electron chi connectivity index (χ2n) is 7.35. The molecule has 120 valence electrons. The summed E-state index contributed by atoms with van der Waals surface area (Å²) in [4.78, 5) is 5.09. The number of thioether (sulfide) groups is 2. The van der Waals surface area contributed by atoms with Crippen molar-refractivity contribution in [3.05, 3.63) is 48.6 Å². The van der Waals surface area contributed by atoms with Crippen molar-refractivity contribution in [2.24, 2.45) is 10.4 Å². The maximum absolute atomic E-state index is 5.09. The minimum atomic E-state index is -0.0894. The van der Waals surface area contributed by atoms with E-state index >= 15 is 0 Å². The third kappa shape index (κ3) is 3.62. The predicted octanol–water partition coefficient (Wildman–Crippen LogP) is 6.16. The van der Waals surface area contributed by atoms with Crippen molar-refractivity contribution < 1.29 is 0 Å². The zero-order valence-electron chi connectivity index (χ0n) is 14.3. The Labute approximate surface area is 144 Å². The summed E-state index contributed by atoms with van der Waals surface area (Å²) in [6, 6.07) is 10.7. The molecule has 0 bridgehead atoms. The summed E-state index contributed by atoms with van der Waals surface area (Å²) in [5, 5.41) is 1.26. The number of allylic oxidation sites excluding steroid dienone is 1. The van der Waals surface area contributed by atoms with Gasteiger partial charge in [-0.1, -0.05) is 68.9 Å².